The van der Waals surface area contributed by atoms with Crippen LogP contribution in [-0.4, -0.2) is 48.7 Å². The van der Waals surface area contributed by atoms with Crippen molar-refractivity contribution in [1.29, 1.82) is 0 Å². The van der Waals surface area contributed by atoms with E-state index in [1.807, 2.05) is 30.3 Å². The van der Waals surface area contributed by atoms with E-state index in [1.54, 1.807) is 4.90 Å². The predicted molar refractivity (Wildman–Crippen MR) is 91.8 cm³/mol. The standard InChI is InChI=1S/C19H27NO4/c1-3-8-16(15-9-5-4-6-10-15)17(21)20-12-7-11-19(13-20,14-24-2)18(22)23/h4-6,9-10,16H,3,7-8,11-14H2,1-2H3,(H,22,23). The molecule has 5 nitrogen and oxygen atoms in total. The van der Waals surface area contributed by atoms with Crippen molar-refractivity contribution in [2.45, 2.75) is 38.5 Å². The molecule has 5 heteroatoms. The number of likely N-dealkylation sites (tertiary alicyclic amines) is 1. The number of hydrogen-bond donors (Lipinski definition) is 1. The monoisotopic (exact) mass is 333 g/mol. The van der Waals surface area contributed by atoms with Crippen LogP contribution < -0.4 is 0 Å². The number of carbonyl (C=O) groups is 2. The summed E-state index contributed by atoms with van der Waals surface area (Å²) in [7, 11) is 1.51. The van der Waals surface area contributed by atoms with Gasteiger partial charge in [0.1, 0.15) is 5.41 Å². The van der Waals surface area contributed by atoms with Gasteiger partial charge >= 0.3 is 5.97 Å². The van der Waals surface area contributed by atoms with E-state index in [-0.39, 0.29) is 25.0 Å². The lowest BCUT2D eigenvalue weighted by Gasteiger charge is -2.40. The van der Waals surface area contributed by atoms with Crippen LogP contribution in [0.3, 0.4) is 0 Å². The van der Waals surface area contributed by atoms with Crippen LogP contribution in [0.2, 0.25) is 0 Å². The Morgan fingerprint density at radius 2 is 2.04 bits per heavy atom. The SMILES string of the molecule is CCCC(C(=O)N1CCCC(COC)(C(=O)O)C1)c1ccccc1. The molecule has 1 aromatic carbocycles. The summed E-state index contributed by atoms with van der Waals surface area (Å²) in [6.45, 7) is 3.04. The highest BCUT2D eigenvalue weighted by atomic mass is 16.5. The Balaban J connectivity index is 2.21. The first-order valence-electron chi connectivity index (χ1n) is 8.60. The second-order valence-electron chi connectivity index (χ2n) is 6.63. The molecule has 132 valence electrons. The van der Waals surface area contributed by atoms with Gasteiger partial charge in [-0.05, 0) is 24.8 Å². The molecular weight excluding hydrogens is 306 g/mol. The number of carboxylic acid groups (broad SMARTS) is 1. The van der Waals surface area contributed by atoms with Gasteiger partial charge in [-0.3, -0.25) is 9.59 Å². The maximum absolute atomic E-state index is 13.1. The predicted octanol–water partition coefficient (Wildman–Crippen LogP) is 2.91. The molecule has 0 saturated carbocycles. The molecule has 1 heterocycles. The van der Waals surface area contributed by atoms with Crippen molar-refractivity contribution in [2.24, 2.45) is 5.41 Å². The van der Waals surface area contributed by atoms with Gasteiger partial charge in [-0.15, -0.1) is 0 Å². The number of methoxy groups -OCH3 is 1. The molecule has 24 heavy (non-hydrogen) atoms. The minimum atomic E-state index is -0.990. The molecular formula is C19H27NO4. The molecule has 1 saturated heterocycles. The Labute approximate surface area is 143 Å². The third-order valence-corrected chi connectivity index (χ3v) is 4.84. The number of benzene rings is 1. The van der Waals surface area contributed by atoms with E-state index in [0.29, 0.717) is 19.4 Å². The molecule has 2 unspecified atom stereocenters. The van der Waals surface area contributed by atoms with Gasteiger partial charge in [-0.1, -0.05) is 43.7 Å². The Morgan fingerprint density at radius 3 is 2.62 bits per heavy atom. The molecule has 1 aromatic rings. The number of amides is 1. The molecule has 0 bridgehead atoms. The van der Waals surface area contributed by atoms with Gasteiger partial charge < -0.3 is 14.7 Å². The molecule has 0 spiro atoms. The molecule has 2 rings (SSSR count). The van der Waals surface area contributed by atoms with E-state index < -0.39 is 11.4 Å². The minimum absolute atomic E-state index is 0.0319. The van der Waals surface area contributed by atoms with E-state index in [2.05, 4.69) is 6.92 Å². The summed E-state index contributed by atoms with van der Waals surface area (Å²) >= 11 is 0. The zero-order valence-corrected chi connectivity index (χ0v) is 14.5. The highest BCUT2D eigenvalue weighted by Gasteiger charge is 2.44. The summed E-state index contributed by atoms with van der Waals surface area (Å²) in [6, 6.07) is 9.76. The number of piperidine rings is 1. The van der Waals surface area contributed by atoms with Crippen LogP contribution in [0.4, 0.5) is 0 Å². The van der Waals surface area contributed by atoms with Gasteiger partial charge in [0.25, 0.3) is 0 Å². The van der Waals surface area contributed by atoms with Gasteiger partial charge in [0.2, 0.25) is 5.91 Å². The fourth-order valence-electron chi connectivity index (χ4n) is 3.58. The van der Waals surface area contributed by atoms with Crippen molar-refractivity contribution in [3.63, 3.8) is 0 Å². The molecule has 1 N–H and O–H groups in total. The third kappa shape index (κ3) is 3.96. The van der Waals surface area contributed by atoms with Crippen LogP contribution in [0.1, 0.15) is 44.1 Å². The highest BCUT2D eigenvalue weighted by molar-refractivity contribution is 5.85. The summed E-state index contributed by atoms with van der Waals surface area (Å²) in [5.74, 6) is -1.05. The molecule has 0 aliphatic carbocycles. The first kappa shape index (κ1) is 18.5. The van der Waals surface area contributed by atoms with Crippen LogP contribution in [0, 0.1) is 5.41 Å². The molecule has 2 atom stereocenters. The van der Waals surface area contributed by atoms with E-state index in [0.717, 1.165) is 18.4 Å². The van der Waals surface area contributed by atoms with Crippen molar-refractivity contribution < 1.29 is 19.4 Å². The largest absolute Gasteiger partial charge is 0.481 e. The average Bonchev–Trinajstić information content (AvgIpc) is 2.60. The maximum atomic E-state index is 13.1. The number of hydrogen-bond acceptors (Lipinski definition) is 3. The molecule has 1 aliphatic heterocycles. The van der Waals surface area contributed by atoms with E-state index in [4.69, 9.17) is 4.74 Å². The Kier molecular flexibility index (Phi) is 6.37. The van der Waals surface area contributed by atoms with Crippen molar-refractivity contribution in [3.8, 4) is 0 Å². The number of aliphatic carboxylic acids is 1. The van der Waals surface area contributed by atoms with Crippen molar-refractivity contribution in [2.75, 3.05) is 26.8 Å². The zero-order valence-electron chi connectivity index (χ0n) is 14.5. The lowest BCUT2D eigenvalue weighted by atomic mass is 9.80. The Morgan fingerprint density at radius 1 is 1.33 bits per heavy atom. The van der Waals surface area contributed by atoms with Crippen molar-refractivity contribution in [1.82, 2.24) is 4.90 Å². The van der Waals surface area contributed by atoms with Gasteiger partial charge in [0, 0.05) is 20.2 Å². The van der Waals surface area contributed by atoms with Crippen molar-refractivity contribution >= 4 is 11.9 Å². The van der Waals surface area contributed by atoms with Gasteiger partial charge in [-0.2, -0.15) is 0 Å². The van der Waals surface area contributed by atoms with Crippen LogP contribution >= 0.6 is 0 Å². The summed E-state index contributed by atoms with van der Waals surface area (Å²) in [5.41, 5.74) is 0.0124. The topological polar surface area (TPSA) is 66.8 Å². The molecule has 1 fully saturated rings. The molecule has 0 aromatic heterocycles. The fraction of sp³-hybridized carbons (Fsp3) is 0.579. The summed E-state index contributed by atoms with van der Waals surface area (Å²) in [6.07, 6.45) is 2.91. The van der Waals surface area contributed by atoms with Crippen LogP contribution in [0.15, 0.2) is 30.3 Å². The van der Waals surface area contributed by atoms with Gasteiger partial charge in [0.05, 0.1) is 12.5 Å². The van der Waals surface area contributed by atoms with Crippen molar-refractivity contribution in [3.05, 3.63) is 35.9 Å². The fourth-order valence-corrected chi connectivity index (χ4v) is 3.58. The second kappa shape index (κ2) is 8.29. The normalized spacial score (nSPS) is 22.2. The van der Waals surface area contributed by atoms with E-state index >= 15 is 0 Å². The zero-order chi connectivity index (χ0) is 17.6. The minimum Gasteiger partial charge on any atom is -0.481 e. The number of rotatable bonds is 7. The third-order valence-electron chi connectivity index (χ3n) is 4.84. The maximum Gasteiger partial charge on any atom is 0.313 e. The highest BCUT2D eigenvalue weighted by Crippen LogP contribution is 2.33. The van der Waals surface area contributed by atoms with E-state index in [9.17, 15) is 14.7 Å². The second-order valence-corrected chi connectivity index (χ2v) is 6.63. The summed E-state index contributed by atoms with van der Waals surface area (Å²) < 4.78 is 5.15. The Hall–Kier alpha value is -1.88. The van der Waals surface area contributed by atoms with Gasteiger partial charge in [0.15, 0.2) is 0 Å². The first-order chi connectivity index (χ1) is 11.5. The van der Waals surface area contributed by atoms with E-state index in [1.165, 1.54) is 7.11 Å². The quantitative estimate of drug-likeness (QED) is 0.833. The molecule has 0 radical (unpaired) electrons. The summed E-state index contributed by atoms with van der Waals surface area (Å²) in [5, 5.41) is 9.66. The average molecular weight is 333 g/mol. The number of ether oxygens (including phenoxy) is 1. The Bertz CT molecular complexity index is 556. The van der Waals surface area contributed by atoms with Crippen LogP contribution in [-0.2, 0) is 14.3 Å². The lowest BCUT2D eigenvalue weighted by Crippen LogP contribution is -2.53. The van der Waals surface area contributed by atoms with Crippen LogP contribution in [0.25, 0.3) is 0 Å². The molecule has 1 aliphatic rings. The number of carbonyl (C=O) groups excluding carboxylic acids is 1. The van der Waals surface area contributed by atoms with Gasteiger partial charge in [-0.25, -0.2) is 0 Å². The first-order valence-corrected chi connectivity index (χ1v) is 8.60. The number of nitrogens with zero attached hydrogens (tertiary/aromatic N) is 1. The smallest absolute Gasteiger partial charge is 0.313 e. The number of carboxylic acids is 1. The lowest BCUT2D eigenvalue weighted by molar-refractivity contribution is -0.159. The molecule has 1 amide bonds. The van der Waals surface area contributed by atoms with Crippen LogP contribution in [0.5, 0.6) is 0 Å². The summed E-state index contributed by atoms with van der Waals surface area (Å²) in [4.78, 5) is 26.6.